The normalized spacial score (nSPS) is 19.6. The van der Waals surface area contributed by atoms with Crippen molar-refractivity contribution in [2.24, 2.45) is 7.05 Å². The van der Waals surface area contributed by atoms with Crippen LogP contribution in [0.4, 0.5) is 0 Å². The molecule has 0 aliphatic carbocycles. The molecule has 4 nitrogen and oxygen atoms in total. The van der Waals surface area contributed by atoms with Gasteiger partial charge in [-0.05, 0) is 37.1 Å². The van der Waals surface area contributed by atoms with E-state index in [9.17, 15) is 0 Å². The Balaban J connectivity index is 1.61. The molecular weight excluding hydrogens is 268 g/mol. The molecule has 108 valence electrons. The van der Waals surface area contributed by atoms with Crippen LogP contribution in [-0.2, 0) is 13.6 Å². The first-order valence-electron chi connectivity index (χ1n) is 7.34. The van der Waals surface area contributed by atoms with Gasteiger partial charge in [-0.2, -0.15) is 16.9 Å². The molecule has 0 bridgehead atoms. The highest BCUT2D eigenvalue weighted by Gasteiger charge is 2.13. The van der Waals surface area contributed by atoms with Gasteiger partial charge in [-0.1, -0.05) is 6.42 Å². The molecule has 2 aromatic rings. The molecule has 1 fully saturated rings. The largest absolute Gasteiger partial charge is 0.312 e. The highest BCUT2D eigenvalue weighted by molar-refractivity contribution is 7.99. The number of fused-ring (bicyclic) bond motifs is 1. The fourth-order valence-corrected chi connectivity index (χ4v) is 4.07. The van der Waals surface area contributed by atoms with Crippen molar-refractivity contribution in [3.05, 3.63) is 23.5 Å². The van der Waals surface area contributed by atoms with Gasteiger partial charge in [-0.25, -0.2) is 4.98 Å². The summed E-state index contributed by atoms with van der Waals surface area (Å²) in [5.74, 6) is 1.33. The Kier molecular flexibility index (Phi) is 4.27. The summed E-state index contributed by atoms with van der Waals surface area (Å²) in [6.45, 7) is 4.04. The van der Waals surface area contributed by atoms with Crippen LogP contribution in [0.3, 0.4) is 0 Å². The summed E-state index contributed by atoms with van der Waals surface area (Å²) in [5, 5.41) is 9.95. The Morgan fingerprint density at radius 3 is 3.15 bits per heavy atom. The van der Waals surface area contributed by atoms with Crippen molar-refractivity contribution in [2.75, 3.05) is 12.3 Å². The smallest absolute Gasteiger partial charge is 0.157 e. The Hall–Kier alpha value is -1.07. The number of thioether (sulfide) groups is 1. The fraction of sp³-hybridized carbons (Fsp3) is 0.600. The van der Waals surface area contributed by atoms with Gasteiger partial charge in [-0.3, -0.25) is 4.68 Å². The lowest BCUT2D eigenvalue weighted by molar-refractivity contribution is 0.597. The van der Waals surface area contributed by atoms with Gasteiger partial charge in [0, 0.05) is 37.0 Å². The molecule has 1 atom stereocenters. The second-order valence-corrected chi connectivity index (χ2v) is 6.95. The topological polar surface area (TPSA) is 42.7 Å². The zero-order valence-corrected chi connectivity index (χ0v) is 13.0. The van der Waals surface area contributed by atoms with Gasteiger partial charge in [0.15, 0.2) is 5.65 Å². The van der Waals surface area contributed by atoms with Gasteiger partial charge in [-0.15, -0.1) is 0 Å². The number of pyridine rings is 1. The van der Waals surface area contributed by atoms with Gasteiger partial charge in [0.1, 0.15) is 0 Å². The zero-order chi connectivity index (χ0) is 13.9. The third-order valence-electron chi connectivity index (χ3n) is 3.89. The average Bonchev–Trinajstić information content (AvgIpc) is 2.75. The van der Waals surface area contributed by atoms with Crippen LogP contribution in [0.5, 0.6) is 0 Å². The Bertz CT molecular complexity index is 587. The highest BCUT2D eigenvalue weighted by Crippen LogP contribution is 2.24. The maximum Gasteiger partial charge on any atom is 0.157 e. The molecule has 1 aliphatic rings. The molecule has 0 aromatic carbocycles. The van der Waals surface area contributed by atoms with Crippen LogP contribution in [0.15, 0.2) is 12.3 Å². The monoisotopic (exact) mass is 290 g/mol. The van der Waals surface area contributed by atoms with Crippen LogP contribution in [0, 0.1) is 6.92 Å². The van der Waals surface area contributed by atoms with E-state index in [1.54, 1.807) is 0 Å². The van der Waals surface area contributed by atoms with Crippen LogP contribution in [0.25, 0.3) is 11.0 Å². The predicted octanol–water partition coefficient (Wildman–Crippen LogP) is 2.65. The lowest BCUT2D eigenvalue weighted by Crippen LogP contribution is -2.26. The zero-order valence-electron chi connectivity index (χ0n) is 12.2. The molecule has 3 rings (SSSR count). The molecule has 20 heavy (non-hydrogen) atoms. The highest BCUT2D eigenvalue weighted by atomic mass is 32.2. The van der Waals surface area contributed by atoms with E-state index in [1.165, 1.54) is 36.0 Å². The number of hydrogen-bond donors (Lipinski definition) is 1. The maximum absolute atomic E-state index is 4.52. The van der Waals surface area contributed by atoms with Gasteiger partial charge in [0.05, 0.1) is 5.69 Å². The number of aromatic nitrogens is 3. The number of hydrogen-bond acceptors (Lipinski definition) is 4. The third kappa shape index (κ3) is 2.99. The van der Waals surface area contributed by atoms with Crippen molar-refractivity contribution in [1.29, 1.82) is 0 Å². The van der Waals surface area contributed by atoms with Gasteiger partial charge < -0.3 is 5.32 Å². The summed E-state index contributed by atoms with van der Waals surface area (Å²) in [5.41, 5.74) is 3.27. The molecule has 0 radical (unpaired) electrons. The lowest BCUT2D eigenvalue weighted by atomic mass is 10.2. The second kappa shape index (κ2) is 6.14. The quantitative estimate of drug-likeness (QED) is 0.940. The minimum atomic E-state index is 0.792. The van der Waals surface area contributed by atoms with Gasteiger partial charge >= 0.3 is 0 Å². The first-order valence-corrected chi connectivity index (χ1v) is 8.39. The van der Waals surface area contributed by atoms with Crippen molar-refractivity contribution in [2.45, 2.75) is 38.0 Å². The van der Waals surface area contributed by atoms with Crippen molar-refractivity contribution < 1.29 is 0 Å². The van der Waals surface area contributed by atoms with Crippen LogP contribution in [-0.4, -0.2) is 32.3 Å². The summed E-state index contributed by atoms with van der Waals surface area (Å²) in [6, 6.07) is 2.21. The number of aryl methyl sites for hydroxylation is 2. The molecule has 0 saturated carbocycles. The maximum atomic E-state index is 4.52. The van der Waals surface area contributed by atoms with Gasteiger partial charge in [0.2, 0.25) is 0 Å². The summed E-state index contributed by atoms with van der Waals surface area (Å²) >= 11 is 2.12. The molecule has 0 spiro atoms. The van der Waals surface area contributed by atoms with Crippen molar-refractivity contribution in [1.82, 2.24) is 20.1 Å². The summed E-state index contributed by atoms with van der Waals surface area (Å²) in [7, 11) is 1.94. The second-order valence-electron chi connectivity index (χ2n) is 5.54. The molecule has 1 N–H and O–H groups in total. The van der Waals surface area contributed by atoms with E-state index >= 15 is 0 Å². The van der Waals surface area contributed by atoms with E-state index in [-0.39, 0.29) is 0 Å². The molecule has 3 heterocycles. The van der Waals surface area contributed by atoms with Gasteiger partial charge in [0.25, 0.3) is 0 Å². The van der Waals surface area contributed by atoms with E-state index in [0.717, 1.165) is 29.7 Å². The van der Waals surface area contributed by atoms with Crippen LogP contribution >= 0.6 is 11.8 Å². The van der Waals surface area contributed by atoms with E-state index in [2.05, 4.69) is 33.2 Å². The van der Waals surface area contributed by atoms with Crippen molar-refractivity contribution in [3.8, 4) is 0 Å². The molecule has 0 amide bonds. The molecule has 1 saturated heterocycles. The number of nitrogens with one attached hydrogen (secondary N) is 1. The van der Waals surface area contributed by atoms with E-state index < -0.39 is 0 Å². The molecule has 1 unspecified atom stereocenters. The lowest BCUT2D eigenvalue weighted by Gasteiger charge is -2.21. The molecular formula is C15H22N4S. The number of nitrogens with zero attached hydrogens (tertiary/aromatic N) is 3. The summed E-state index contributed by atoms with van der Waals surface area (Å²) in [6.07, 6.45) is 6.10. The summed E-state index contributed by atoms with van der Waals surface area (Å²) < 4.78 is 1.85. The molecule has 5 heteroatoms. The van der Waals surface area contributed by atoms with E-state index in [0.29, 0.717) is 0 Å². The fourth-order valence-electron chi connectivity index (χ4n) is 2.79. The number of rotatable bonds is 4. The van der Waals surface area contributed by atoms with Crippen molar-refractivity contribution >= 4 is 22.8 Å². The summed E-state index contributed by atoms with van der Waals surface area (Å²) in [4.78, 5) is 4.52. The SMILES string of the molecule is Cc1nn(C)c2ncc(CNCC3CCCCS3)cc12. The van der Waals surface area contributed by atoms with E-state index in [1.807, 2.05) is 24.9 Å². The predicted molar refractivity (Wildman–Crippen MR) is 85.0 cm³/mol. The van der Waals surface area contributed by atoms with Crippen molar-refractivity contribution in [3.63, 3.8) is 0 Å². The minimum Gasteiger partial charge on any atom is -0.312 e. The Morgan fingerprint density at radius 2 is 2.35 bits per heavy atom. The molecule has 1 aliphatic heterocycles. The third-order valence-corrected chi connectivity index (χ3v) is 5.29. The molecule has 2 aromatic heterocycles. The van der Waals surface area contributed by atoms with Crippen LogP contribution < -0.4 is 5.32 Å². The Labute approximate surface area is 124 Å². The van der Waals surface area contributed by atoms with E-state index in [4.69, 9.17) is 0 Å². The first-order chi connectivity index (χ1) is 9.74. The average molecular weight is 290 g/mol. The first kappa shape index (κ1) is 13.9. The standard InChI is InChI=1S/C15H22N4S/c1-11-14-7-12(9-17-15(14)19(2)18-11)8-16-10-13-5-3-4-6-20-13/h7,9,13,16H,3-6,8,10H2,1-2H3. The Morgan fingerprint density at radius 1 is 1.45 bits per heavy atom. The van der Waals surface area contributed by atoms with Crippen LogP contribution in [0.2, 0.25) is 0 Å². The van der Waals surface area contributed by atoms with Crippen LogP contribution in [0.1, 0.15) is 30.5 Å². The minimum absolute atomic E-state index is 0.792.